The molecular weight excluding hydrogens is 454 g/mol. The molecule has 1 amide bonds. The third kappa shape index (κ3) is 4.44. The number of aromatic nitrogens is 2. The second kappa shape index (κ2) is 9.37. The zero-order chi connectivity index (χ0) is 24.5. The van der Waals surface area contributed by atoms with E-state index in [0.717, 1.165) is 0 Å². The first-order valence-corrected chi connectivity index (χ1v) is 12.5. The molecule has 2 aromatic carbocycles. The van der Waals surface area contributed by atoms with Crippen LogP contribution in [0.1, 0.15) is 29.9 Å². The first-order valence-electron chi connectivity index (χ1n) is 11.0. The maximum absolute atomic E-state index is 13.4. The molecular formula is C24H25N5O4S. The number of sulfonamides is 1. The summed E-state index contributed by atoms with van der Waals surface area (Å²) in [5.41, 5.74) is 0.339. The molecule has 0 N–H and O–H groups in total. The number of carbonyl (C=O) groups excluding carboxylic acids is 1. The van der Waals surface area contributed by atoms with Gasteiger partial charge in [-0.15, -0.1) is 0 Å². The van der Waals surface area contributed by atoms with E-state index >= 15 is 0 Å². The van der Waals surface area contributed by atoms with Gasteiger partial charge in [-0.1, -0.05) is 32.0 Å². The van der Waals surface area contributed by atoms with Crippen molar-refractivity contribution < 1.29 is 13.2 Å². The second-order valence-electron chi connectivity index (χ2n) is 8.61. The van der Waals surface area contributed by atoms with Crippen molar-refractivity contribution in [1.82, 2.24) is 19.0 Å². The van der Waals surface area contributed by atoms with Crippen molar-refractivity contribution in [3.05, 3.63) is 70.1 Å². The predicted molar refractivity (Wildman–Crippen MR) is 127 cm³/mol. The number of nitriles is 1. The minimum Gasteiger partial charge on any atom is -0.335 e. The van der Waals surface area contributed by atoms with Gasteiger partial charge in [0.15, 0.2) is 5.69 Å². The Bertz CT molecular complexity index is 1430. The smallest absolute Gasteiger partial charge is 0.275 e. The molecule has 0 radical (unpaired) electrons. The van der Waals surface area contributed by atoms with E-state index in [1.165, 1.54) is 33.3 Å². The molecule has 10 heteroatoms. The van der Waals surface area contributed by atoms with E-state index in [1.54, 1.807) is 29.2 Å². The van der Waals surface area contributed by atoms with Crippen LogP contribution in [-0.2, 0) is 16.6 Å². The SMILES string of the molecule is CC(C)Cn1nc(C(=O)N2CCN(S(=O)(=O)c3ccc(C#N)cc3)CC2)c2ccccc2c1=O. The first kappa shape index (κ1) is 23.6. The van der Waals surface area contributed by atoms with Gasteiger partial charge in [0.05, 0.1) is 21.9 Å². The summed E-state index contributed by atoms with van der Waals surface area (Å²) in [4.78, 5) is 27.9. The Morgan fingerprint density at radius 3 is 2.24 bits per heavy atom. The molecule has 3 aromatic rings. The topological polar surface area (TPSA) is 116 Å². The van der Waals surface area contributed by atoms with Crippen molar-refractivity contribution in [2.45, 2.75) is 25.3 Å². The molecule has 9 nitrogen and oxygen atoms in total. The highest BCUT2D eigenvalue weighted by atomic mass is 32.2. The van der Waals surface area contributed by atoms with E-state index < -0.39 is 10.0 Å². The number of hydrogen-bond donors (Lipinski definition) is 0. The van der Waals surface area contributed by atoms with Gasteiger partial charge in [-0.2, -0.15) is 14.7 Å². The zero-order valence-electron chi connectivity index (χ0n) is 19.0. The Morgan fingerprint density at radius 1 is 1.03 bits per heavy atom. The number of piperazine rings is 1. The monoisotopic (exact) mass is 479 g/mol. The quantitative estimate of drug-likeness (QED) is 0.553. The van der Waals surface area contributed by atoms with Crippen LogP contribution >= 0.6 is 0 Å². The summed E-state index contributed by atoms with van der Waals surface area (Å²) in [5.74, 6) is -0.158. The van der Waals surface area contributed by atoms with Gasteiger partial charge in [-0.05, 0) is 36.2 Å². The molecule has 0 spiro atoms. The van der Waals surface area contributed by atoms with E-state index in [9.17, 15) is 18.0 Å². The maximum Gasteiger partial charge on any atom is 0.275 e. The largest absolute Gasteiger partial charge is 0.335 e. The highest BCUT2D eigenvalue weighted by Gasteiger charge is 2.31. The highest BCUT2D eigenvalue weighted by Crippen LogP contribution is 2.21. The van der Waals surface area contributed by atoms with Crippen LogP contribution < -0.4 is 5.56 Å². The first-order chi connectivity index (χ1) is 16.2. The van der Waals surface area contributed by atoms with Crippen LogP contribution in [0.3, 0.4) is 0 Å². The van der Waals surface area contributed by atoms with Crippen molar-refractivity contribution in [1.29, 1.82) is 5.26 Å². The van der Waals surface area contributed by atoms with Crippen LogP contribution in [0.25, 0.3) is 10.8 Å². The summed E-state index contributed by atoms with van der Waals surface area (Å²) in [6, 6.07) is 14.7. The number of amides is 1. The number of nitrogens with zero attached hydrogens (tertiary/aromatic N) is 5. The molecule has 0 unspecified atom stereocenters. The van der Waals surface area contributed by atoms with Gasteiger partial charge >= 0.3 is 0 Å². The fourth-order valence-electron chi connectivity index (χ4n) is 3.99. The normalized spacial score (nSPS) is 14.9. The summed E-state index contributed by atoms with van der Waals surface area (Å²) < 4.78 is 28.6. The molecule has 0 bridgehead atoms. The standard InChI is InChI=1S/C24H25N5O4S/c1-17(2)16-29-23(30)21-6-4-3-5-20(21)22(26-29)24(31)27-11-13-28(14-12-27)34(32,33)19-9-7-18(15-25)8-10-19/h3-10,17H,11-14,16H2,1-2H3. The third-order valence-corrected chi connectivity index (χ3v) is 7.67. The molecule has 1 aromatic heterocycles. The summed E-state index contributed by atoms with van der Waals surface area (Å²) in [6.07, 6.45) is 0. The molecule has 2 heterocycles. The Balaban J connectivity index is 1.57. The van der Waals surface area contributed by atoms with Gasteiger partial charge in [0.2, 0.25) is 10.0 Å². The lowest BCUT2D eigenvalue weighted by molar-refractivity contribution is 0.0691. The minimum absolute atomic E-state index is 0.111. The molecule has 4 rings (SSSR count). The van der Waals surface area contributed by atoms with Crippen molar-refractivity contribution >= 4 is 26.7 Å². The Hall–Kier alpha value is -3.55. The lowest BCUT2D eigenvalue weighted by atomic mass is 10.1. The highest BCUT2D eigenvalue weighted by molar-refractivity contribution is 7.89. The molecule has 176 valence electrons. The van der Waals surface area contributed by atoms with Gasteiger partial charge < -0.3 is 4.90 Å². The number of fused-ring (bicyclic) bond motifs is 1. The molecule has 0 aliphatic carbocycles. The Labute approximate surface area is 197 Å². The van der Waals surface area contributed by atoms with Crippen LogP contribution in [0.15, 0.2) is 58.2 Å². The van der Waals surface area contributed by atoms with Gasteiger partial charge in [0.1, 0.15) is 0 Å². The van der Waals surface area contributed by atoms with Crippen LogP contribution in [0.4, 0.5) is 0 Å². The van der Waals surface area contributed by atoms with E-state index in [0.29, 0.717) is 22.9 Å². The molecule has 1 fully saturated rings. The van der Waals surface area contributed by atoms with Gasteiger partial charge in [-0.3, -0.25) is 9.59 Å². The van der Waals surface area contributed by atoms with E-state index in [2.05, 4.69) is 5.10 Å². The molecule has 0 saturated carbocycles. The van der Waals surface area contributed by atoms with Crippen LogP contribution in [-0.4, -0.2) is 59.5 Å². The number of rotatable bonds is 5. The minimum atomic E-state index is -3.74. The molecule has 1 saturated heterocycles. The van der Waals surface area contributed by atoms with E-state index in [1.807, 2.05) is 19.9 Å². The Morgan fingerprint density at radius 2 is 1.65 bits per heavy atom. The summed E-state index contributed by atoms with van der Waals surface area (Å²) in [6.45, 7) is 5.01. The average molecular weight is 480 g/mol. The lowest BCUT2D eigenvalue weighted by Gasteiger charge is -2.34. The predicted octanol–water partition coefficient (Wildman–Crippen LogP) is 2.07. The zero-order valence-corrected chi connectivity index (χ0v) is 19.8. The summed E-state index contributed by atoms with van der Waals surface area (Å²) in [7, 11) is -3.74. The van der Waals surface area contributed by atoms with E-state index in [4.69, 9.17) is 5.26 Å². The average Bonchev–Trinajstić information content (AvgIpc) is 2.85. The fourth-order valence-corrected chi connectivity index (χ4v) is 5.42. The maximum atomic E-state index is 13.4. The molecule has 34 heavy (non-hydrogen) atoms. The van der Waals surface area contributed by atoms with Gasteiger partial charge in [0.25, 0.3) is 11.5 Å². The van der Waals surface area contributed by atoms with Crippen LogP contribution in [0.5, 0.6) is 0 Å². The Kier molecular flexibility index (Phi) is 6.50. The van der Waals surface area contributed by atoms with Crippen molar-refractivity contribution in [2.75, 3.05) is 26.2 Å². The van der Waals surface area contributed by atoms with E-state index in [-0.39, 0.29) is 54.2 Å². The van der Waals surface area contributed by atoms with Crippen molar-refractivity contribution in [3.8, 4) is 6.07 Å². The van der Waals surface area contributed by atoms with Crippen molar-refractivity contribution in [3.63, 3.8) is 0 Å². The van der Waals surface area contributed by atoms with Gasteiger partial charge in [0, 0.05) is 38.1 Å². The second-order valence-corrected chi connectivity index (χ2v) is 10.5. The van der Waals surface area contributed by atoms with Gasteiger partial charge in [-0.25, -0.2) is 13.1 Å². The molecule has 1 aliphatic heterocycles. The summed E-state index contributed by atoms with van der Waals surface area (Å²) in [5, 5.41) is 14.3. The fraction of sp³-hybridized carbons (Fsp3) is 0.333. The third-order valence-electron chi connectivity index (χ3n) is 5.76. The van der Waals surface area contributed by atoms with Crippen LogP contribution in [0.2, 0.25) is 0 Å². The molecule has 0 atom stereocenters. The van der Waals surface area contributed by atoms with Crippen molar-refractivity contribution in [2.24, 2.45) is 5.92 Å². The summed E-state index contributed by atoms with van der Waals surface area (Å²) >= 11 is 0. The number of carbonyl (C=O) groups is 1. The number of benzene rings is 2. The molecule has 1 aliphatic rings. The lowest BCUT2D eigenvalue weighted by Crippen LogP contribution is -2.50. The number of hydrogen-bond acceptors (Lipinski definition) is 6. The van der Waals surface area contributed by atoms with Crippen LogP contribution in [0, 0.1) is 17.2 Å².